The molecule has 0 aromatic heterocycles. The minimum atomic E-state index is -0.383. The van der Waals surface area contributed by atoms with Gasteiger partial charge in [-0.3, -0.25) is 9.59 Å². The minimum absolute atomic E-state index is 0.202. The van der Waals surface area contributed by atoms with Crippen LogP contribution < -0.4 is 10.2 Å². The molecule has 2 aromatic carbocycles. The van der Waals surface area contributed by atoms with Crippen molar-refractivity contribution in [3.8, 4) is 0 Å². The van der Waals surface area contributed by atoms with Crippen LogP contribution in [0.4, 0.5) is 15.8 Å². The van der Waals surface area contributed by atoms with Gasteiger partial charge in [0.2, 0.25) is 5.91 Å². The Balaban J connectivity index is 2.01. The van der Waals surface area contributed by atoms with Gasteiger partial charge in [0.15, 0.2) is 0 Å². The van der Waals surface area contributed by atoms with E-state index < -0.39 is 0 Å². The highest BCUT2D eigenvalue weighted by atomic mass is 79.9. The highest BCUT2D eigenvalue weighted by Crippen LogP contribution is 2.39. The molecule has 0 atom stereocenters. The number of halogens is 2. The van der Waals surface area contributed by atoms with Crippen molar-refractivity contribution in [1.82, 2.24) is 0 Å². The third-order valence-electron chi connectivity index (χ3n) is 3.68. The van der Waals surface area contributed by atoms with Gasteiger partial charge in [-0.1, -0.05) is 15.9 Å². The molecule has 23 heavy (non-hydrogen) atoms. The average Bonchev–Trinajstić information content (AvgIpc) is 2.90. The summed E-state index contributed by atoms with van der Waals surface area (Å²) in [7, 11) is 0. The highest BCUT2D eigenvalue weighted by molar-refractivity contribution is 9.10. The van der Waals surface area contributed by atoms with Crippen LogP contribution in [0.2, 0.25) is 0 Å². The van der Waals surface area contributed by atoms with Crippen LogP contribution in [0.1, 0.15) is 22.8 Å². The Labute approximate surface area is 141 Å². The van der Waals surface area contributed by atoms with Crippen LogP contribution >= 0.6 is 15.9 Å². The van der Waals surface area contributed by atoms with Gasteiger partial charge in [-0.05, 0) is 48.4 Å². The molecule has 6 heteroatoms. The van der Waals surface area contributed by atoms with Gasteiger partial charge in [0.1, 0.15) is 5.82 Å². The van der Waals surface area contributed by atoms with E-state index in [-0.39, 0.29) is 17.6 Å². The van der Waals surface area contributed by atoms with Crippen molar-refractivity contribution in [3.05, 3.63) is 57.8 Å². The second-order valence-corrected chi connectivity index (χ2v) is 6.27. The van der Waals surface area contributed by atoms with Crippen LogP contribution in [0.15, 0.2) is 40.9 Å². The zero-order valence-electron chi connectivity index (χ0n) is 12.4. The number of nitrogens with zero attached hydrogens (tertiary/aromatic N) is 1. The molecule has 0 saturated heterocycles. The fourth-order valence-electron chi connectivity index (χ4n) is 2.75. The molecular formula is C17H14BrFN2O2. The van der Waals surface area contributed by atoms with E-state index in [1.54, 1.807) is 11.0 Å². The first-order valence-electron chi connectivity index (χ1n) is 7.13. The Bertz CT molecular complexity index is 790. The van der Waals surface area contributed by atoms with Gasteiger partial charge in [-0.25, -0.2) is 4.39 Å². The van der Waals surface area contributed by atoms with E-state index >= 15 is 0 Å². The Hall–Kier alpha value is -2.21. The zero-order chi connectivity index (χ0) is 16.6. The molecule has 4 nitrogen and oxygen atoms in total. The van der Waals surface area contributed by atoms with Crippen molar-refractivity contribution in [2.75, 3.05) is 16.8 Å². The van der Waals surface area contributed by atoms with Gasteiger partial charge in [0, 0.05) is 23.5 Å². The Kier molecular flexibility index (Phi) is 4.17. The van der Waals surface area contributed by atoms with Crippen LogP contribution in [-0.2, 0) is 11.2 Å². The number of fused-ring (bicyclic) bond motifs is 1. The van der Waals surface area contributed by atoms with E-state index in [4.69, 9.17) is 0 Å². The van der Waals surface area contributed by atoms with Gasteiger partial charge in [-0.15, -0.1) is 0 Å². The van der Waals surface area contributed by atoms with Crippen molar-refractivity contribution >= 4 is 39.1 Å². The van der Waals surface area contributed by atoms with Crippen LogP contribution in [0, 0.1) is 5.82 Å². The van der Waals surface area contributed by atoms with E-state index in [9.17, 15) is 14.0 Å². The molecule has 0 bridgehead atoms. The lowest BCUT2D eigenvalue weighted by Crippen LogP contribution is -2.29. The lowest BCUT2D eigenvalue weighted by molar-refractivity contribution is -0.114. The first-order valence-corrected chi connectivity index (χ1v) is 7.92. The normalized spacial score (nSPS) is 12.9. The van der Waals surface area contributed by atoms with Crippen LogP contribution in [0.3, 0.4) is 0 Å². The summed E-state index contributed by atoms with van der Waals surface area (Å²) in [5, 5.41) is 2.77. The van der Waals surface area contributed by atoms with Gasteiger partial charge in [0.05, 0.1) is 11.4 Å². The molecular weight excluding hydrogens is 363 g/mol. The SMILES string of the molecule is CC(=O)Nc1cc(Br)cc2c1N(C(=O)c1ccc(F)cc1)CC2. The summed E-state index contributed by atoms with van der Waals surface area (Å²) in [5.74, 6) is -0.796. The smallest absolute Gasteiger partial charge is 0.258 e. The predicted molar refractivity (Wildman–Crippen MR) is 90.2 cm³/mol. The maximum absolute atomic E-state index is 13.0. The maximum Gasteiger partial charge on any atom is 0.258 e. The van der Waals surface area contributed by atoms with Crippen LogP contribution in [-0.4, -0.2) is 18.4 Å². The van der Waals surface area contributed by atoms with Crippen molar-refractivity contribution in [1.29, 1.82) is 0 Å². The van der Waals surface area contributed by atoms with E-state index in [2.05, 4.69) is 21.2 Å². The second-order valence-electron chi connectivity index (χ2n) is 5.36. The summed E-state index contributed by atoms with van der Waals surface area (Å²) in [6, 6.07) is 9.18. The van der Waals surface area contributed by atoms with Gasteiger partial charge >= 0.3 is 0 Å². The summed E-state index contributed by atoms with van der Waals surface area (Å²) in [5.41, 5.74) is 2.70. The third-order valence-corrected chi connectivity index (χ3v) is 4.13. The average molecular weight is 377 g/mol. The molecule has 0 spiro atoms. The number of carbonyl (C=O) groups excluding carboxylic acids is 2. The molecule has 2 amide bonds. The summed E-state index contributed by atoms with van der Waals surface area (Å²) in [6.07, 6.45) is 0.703. The van der Waals surface area contributed by atoms with E-state index in [0.717, 1.165) is 10.0 Å². The van der Waals surface area contributed by atoms with Crippen molar-refractivity contribution in [2.45, 2.75) is 13.3 Å². The summed E-state index contributed by atoms with van der Waals surface area (Å²) >= 11 is 3.42. The second kappa shape index (κ2) is 6.12. The number of hydrogen-bond acceptors (Lipinski definition) is 2. The Morgan fingerprint density at radius 1 is 1.22 bits per heavy atom. The zero-order valence-corrected chi connectivity index (χ0v) is 14.0. The van der Waals surface area contributed by atoms with Gasteiger partial charge in [0.25, 0.3) is 5.91 Å². The molecule has 0 fully saturated rings. The Morgan fingerprint density at radius 2 is 1.91 bits per heavy atom. The van der Waals surface area contributed by atoms with E-state index in [0.29, 0.717) is 29.9 Å². The number of carbonyl (C=O) groups is 2. The minimum Gasteiger partial charge on any atom is -0.324 e. The Morgan fingerprint density at radius 3 is 2.57 bits per heavy atom. The van der Waals surface area contributed by atoms with Crippen molar-refractivity contribution in [2.24, 2.45) is 0 Å². The summed E-state index contributed by atoms with van der Waals surface area (Å²) in [4.78, 5) is 25.8. The highest BCUT2D eigenvalue weighted by Gasteiger charge is 2.29. The summed E-state index contributed by atoms with van der Waals surface area (Å²) in [6.45, 7) is 1.95. The number of hydrogen-bond donors (Lipinski definition) is 1. The van der Waals surface area contributed by atoms with Gasteiger partial charge < -0.3 is 10.2 Å². The lowest BCUT2D eigenvalue weighted by Gasteiger charge is -2.21. The molecule has 0 unspecified atom stereocenters. The molecule has 1 aliphatic rings. The molecule has 3 rings (SSSR count). The first-order chi connectivity index (χ1) is 11.0. The fraction of sp³-hybridized carbons (Fsp3) is 0.176. The largest absolute Gasteiger partial charge is 0.324 e. The maximum atomic E-state index is 13.0. The number of nitrogens with one attached hydrogen (secondary N) is 1. The van der Waals surface area contributed by atoms with E-state index in [1.165, 1.54) is 31.2 Å². The third kappa shape index (κ3) is 3.12. The number of benzene rings is 2. The van der Waals surface area contributed by atoms with Gasteiger partial charge in [-0.2, -0.15) is 0 Å². The number of amides is 2. The monoisotopic (exact) mass is 376 g/mol. The van der Waals surface area contributed by atoms with Crippen LogP contribution in [0.5, 0.6) is 0 Å². The number of rotatable bonds is 2. The standard InChI is InChI=1S/C17H14BrFN2O2/c1-10(22)20-15-9-13(18)8-12-6-7-21(16(12)15)17(23)11-2-4-14(19)5-3-11/h2-5,8-9H,6-7H2,1H3,(H,20,22). The molecule has 1 aliphatic heterocycles. The molecule has 0 aliphatic carbocycles. The molecule has 0 radical (unpaired) electrons. The summed E-state index contributed by atoms with van der Waals surface area (Å²) < 4.78 is 13.9. The lowest BCUT2D eigenvalue weighted by atomic mass is 10.1. The quantitative estimate of drug-likeness (QED) is 0.867. The molecule has 118 valence electrons. The predicted octanol–water partition coefficient (Wildman–Crippen LogP) is 3.75. The molecule has 0 saturated carbocycles. The fourth-order valence-corrected chi connectivity index (χ4v) is 3.25. The first kappa shape index (κ1) is 15.7. The molecule has 1 heterocycles. The number of anilines is 2. The molecule has 1 N–H and O–H groups in total. The van der Waals surface area contributed by atoms with Crippen molar-refractivity contribution in [3.63, 3.8) is 0 Å². The van der Waals surface area contributed by atoms with Crippen molar-refractivity contribution < 1.29 is 14.0 Å². The topological polar surface area (TPSA) is 49.4 Å². The van der Waals surface area contributed by atoms with E-state index in [1.807, 2.05) is 6.07 Å². The molecule has 2 aromatic rings. The van der Waals surface area contributed by atoms with Crippen LogP contribution in [0.25, 0.3) is 0 Å².